The smallest absolute Gasteiger partial charge is 0.165 e. The van der Waals surface area contributed by atoms with E-state index in [4.69, 9.17) is 0 Å². The average Bonchev–Trinajstić information content (AvgIpc) is 2.63. The Bertz CT molecular complexity index is 519. The van der Waals surface area contributed by atoms with E-state index in [-0.39, 0.29) is 17.1 Å². The molecule has 1 atom stereocenters. The first kappa shape index (κ1) is 9.97. The number of nitrogens with one attached hydrogen (secondary N) is 1. The Morgan fingerprint density at radius 2 is 2.27 bits per heavy atom. The zero-order valence-corrected chi connectivity index (χ0v) is 9.08. The van der Waals surface area contributed by atoms with Crippen LogP contribution in [0.3, 0.4) is 0 Å². The van der Waals surface area contributed by atoms with Gasteiger partial charge in [0.1, 0.15) is 0 Å². The largest absolute Gasteiger partial charge is 0.361 e. The number of ketones is 1. The Balaban J connectivity index is 2.57. The molecule has 0 aliphatic heterocycles. The van der Waals surface area contributed by atoms with Gasteiger partial charge < -0.3 is 4.98 Å². The lowest BCUT2D eigenvalue weighted by atomic mass is 9.75. The fourth-order valence-corrected chi connectivity index (χ4v) is 1.87. The number of aromatic nitrogens is 1. The molecule has 2 rings (SSSR count). The van der Waals surface area contributed by atoms with Crippen LogP contribution in [0, 0.1) is 11.3 Å². The lowest BCUT2D eigenvalue weighted by Gasteiger charge is -2.27. The number of hydrogen-bond donors (Lipinski definition) is 1. The van der Waals surface area contributed by atoms with Crippen LogP contribution in [0.1, 0.15) is 13.8 Å². The summed E-state index contributed by atoms with van der Waals surface area (Å²) in [6.07, 6.45) is 7.41. The number of carbonyl (C=O) groups excluding carboxylic acids is 1. The number of rotatable bonds is 2. The van der Waals surface area contributed by atoms with Crippen molar-refractivity contribution in [2.24, 2.45) is 11.3 Å². The number of aromatic amines is 1. The lowest BCUT2D eigenvalue weighted by molar-refractivity contribution is -0.117. The Labute approximate surface area is 89.0 Å². The predicted octanol–water partition coefficient (Wildman–Crippen LogP) is 0.987. The number of carbonyl (C=O) groups is 1. The maximum atomic E-state index is 11.9. The van der Waals surface area contributed by atoms with Crippen LogP contribution >= 0.6 is 0 Å². The van der Waals surface area contributed by atoms with Gasteiger partial charge >= 0.3 is 0 Å². The quantitative estimate of drug-likeness (QED) is 0.711. The summed E-state index contributed by atoms with van der Waals surface area (Å²) in [4.78, 5) is 15.0. The molecule has 0 bridgehead atoms. The molecule has 0 saturated heterocycles. The zero-order chi connectivity index (χ0) is 11.1. The van der Waals surface area contributed by atoms with Gasteiger partial charge in [0.25, 0.3) is 0 Å². The average molecular weight is 201 g/mol. The molecular weight excluding hydrogens is 186 g/mol. The van der Waals surface area contributed by atoms with Crippen molar-refractivity contribution < 1.29 is 4.79 Å². The first-order valence-electron chi connectivity index (χ1n) is 5.09. The molecule has 1 unspecified atom stereocenters. The van der Waals surface area contributed by atoms with Crippen molar-refractivity contribution in [2.45, 2.75) is 13.8 Å². The minimum atomic E-state index is -0.192. The lowest BCUT2D eigenvalue weighted by Crippen LogP contribution is -2.37. The third-order valence-electron chi connectivity index (χ3n) is 3.08. The molecule has 78 valence electrons. The Hall–Kier alpha value is -1.57. The SMILES string of the molecule is C=CC(C)(C)C1C=c2cc[nH]c2=CC1=O. The van der Waals surface area contributed by atoms with E-state index in [0.717, 1.165) is 10.6 Å². The van der Waals surface area contributed by atoms with Crippen LogP contribution in [0.2, 0.25) is 0 Å². The van der Waals surface area contributed by atoms with E-state index in [1.54, 1.807) is 6.08 Å². The molecule has 0 saturated carbocycles. The van der Waals surface area contributed by atoms with Crippen LogP contribution in [0.5, 0.6) is 0 Å². The van der Waals surface area contributed by atoms with Gasteiger partial charge in [0, 0.05) is 23.5 Å². The van der Waals surface area contributed by atoms with Crippen molar-refractivity contribution in [1.29, 1.82) is 0 Å². The van der Waals surface area contributed by atoms with Crippen molar-refractivity contribution in [2.75, 3.05) is 0 Å². The van der Waals surface area contributed by atoms with Gasteiger partial charge in [-0.1, -0.05) is 26.0 Å². The molecule has 1 N–H and O–H groups in total. The molecule has 1 aromatic rings. The summed E-state index contributed by atoms with van der Waals surface area (Å²) in [7, 11) is 0. The van der Waals surface area contributed by atoms with Crippen molar-refractivity contribution in [3.8, 4) is 0 Å². The van der Waals surface area contributed by atoms with Crippen LogP contribution in [0.25, 0.3) is 12.2 Å². The van der Waals surface area contributed by atoms with E-state index in [2.05, 4.69) is 11.6 Å². The van der Waals surface area contributed by atoms with E-state index < -0.39 is 0 Å². The number of allylic oxidation sites excluding steroid dienone is 1. The summed E-state index contributed by atoms with van der Waals surface area (Å²) < 4.78 is 0. The van der Waals surface area contributed by atoms with Gasteiger partial charge in [-0.15, -0.1) is 6.58 Å². The third kappa shape index (κ3) is 1.56. The van der Waals surface area contributed by atoms with E-state index >= 15 is 0 Å². The predicted molar refractivity (Wildman–Crippen MR) is 61.4 cm³/mol. The minimum absolute atomic E-state index is 0.0988. The van der Waals surface area contributed by atoms with Crippen molar-refractivity contribution in [3.63, 3.8) is 0 Å². The van der Waals surface area contributed by atoms with Gasteiger partial charge in [0.05, 0.1) is 0 Å². The van der Waals surface area contributed by atoms with Crippen molar-refractivity contribution in [1.82, 2.24) is 4.98 Å². The Morgan fingerprint density at radius 3 is 2.93 bits per heavy atom. The molecule has 1 aliphatic carbocycles. The Morgan fingerprint density at radius 1 is 1.53 bits per heavy atom. The van der Waals surface area contributed by atoms with Crippen LogP contribution in [0.15, 0.2) is 24.9 Å². The Kier molecular flexibility index (Phi) is 2.14. The highest BCUT2D eigenvalue weighted by Crippen LogP contribution is 2.30. The molecule has 0 radical (unpaired) electrons. The third-order valence-corrected chi connectivity index (χ3v) is 3.08. The highest BCUT2D eigenvalue weighted by atomic mass is 16.1. The zero-order valence-electron chi connectivity index (χ0n) is 9.08. The van der Waals surface area contributed by atoms with E-state index in [1.807, 2.05) is 38.3 Å². The second kappa shape index (κ2) is 3.23. The summed E-state index contributed by atoms with van der Waals surface area (Å²) in [5, 5.41) is 2.02. The van der Waals surface area contributed by atoms with Gasteiger partial charge in [-0.05, 0) is 16.7 Å². The first-order valence-corrected chi connectivity index (χ1v) is 5.09. The second-order valence-electron chi connectivity index (χ2n) is 4.56. The molecule has 0 amide bonds. The van der Waals surface area contributed by atoms with Gasteiger partial charge in [-0.2, -0.15) is 0 Å². The van der Waals surface area contributed by atoms with Crippen molar-refractivity contribution >= 4 is 17.9 Å². The number of Topliss-reactive ketones (excluding diaryl/α,β-unsaturated/α-hetero) is 1. The van der Waals surface area contributed by atoms with Crippen LogP contribution in [0.4, 0.5) is 0 Å². The maximum Gasteiger partial charge on any atom is 0.165 e. The topological polar surface area (TPSA) is 32.9 Å². The fourth-order valence-electron chi connectivity index (χ4n) is 1.87. The number of hydrogen-bond acceptors (Lipinski definition) is 1. The molecule has 0 aromatic carbocycles. The van der Waals surface area contributed by atoms with Gasteiger partial charge in [0.2, 0.25) is 0 Å². The summed E-state index contributed by atoms with van der Waals surface area (Å²) in [6.45, 7) is 7.86. The minimum Gasteiger partial charge on any atom is -0.361 e. The van der Waals surface area contributed by atoms with Gasteiger partial charge in [0.15, 0.2) is 5.78 Å². The number of fused-ring (bicyclic) bond motifs is 1. The van der Waals surface area contributed by atoms with Gasteiger partial charge in [-0.25, -0.2) is 0 Å². The highest BCUT2D eigenvalue weighted by Gasteiger charge is 2.30. The molecule has 2 heteroatoms. The maximum absolute atomic E-state index is 11.9. The molecule has 1 heterocycles. The molecule has 0 spiro atoms. The van der Waals surface area contributed by atoms with Crippen molar-refractivity contribution in [3.05, 3.63) is 35.5 Å². The number of H-pyrrole nitrogens is 1. The molecule has 1 aromatic heterocycles. The molecule has 15 heavy (non-hydrogen) atoms. The second-order valence-corrected chi connectivity index (χ2v) is 4.56. The van der Waals surface area contributed by atoms with Crippen LogP contribution in [-0.2, 0) is 4.79 Å². The van der Waals surface area contributed by atoms with E-state index in [0.29, 0.717) is 0 Å². The van der Waals surface area contributed by atoms with Crippen LogP contribution < -0.4 is 10.6 Å². The van der Waals surface area contributed by atoms with E-state index in [9.17, 15) is 4.79 Å². The monoisotopic (exact) mass is 201 g/mol. The summed E-state index contributed by atoms with van der Waals surface area (Å²) in [5.41, 5.74) is -0.192. The molecular formula is C13H15NO. The fraction of sp³-hybridized carbons (Fsp3) is 0.308. The summed E-state index contributed by atoms with van der Waals surface area (Å²) in [6, 6.07) is 1.99. The standard InChI is InChI=1S/C13H15NO/c1-4-13(2,3)10-7-9-5-6-14-11(9)8-12(10)15/h4-8,10,14H,1H2,2-3H3. The van der Waals surface area contributed by atoms with E-state index in [1.165, 1.54) is 0 Å². The summed E-state index contributed by atoms with van der Waals surface area (Å²) >= 11 is 0. The summed E-state index contributed by atoms with van der Waals surface area (Å²) in [5.74, 6) is 0.0492. The van der Waals surface area contributed by atoms with Crippen LogP contribution in [-0.4, -0.2) is 10.8 Å². The molecule has 1 aliphatic rings. The first-order chi connectivity index (χ1) is 7.04. The normalized spacial score (nSPS) is 20.1. The highest BCUT2D eigenvalue weighted by molar-refractivity contribution is 6.11. The van der Waals surface area contributed by atoms with Gasteiger partial charge in [-0.3, -0.25) is 4.79 Å². The molecule has 2 nitrogen and oxygen atoms in total. The molecule has 0 fully saturated rings.